The Morgan fingerprint density at radius 3 is 2.45 bits per heavy atom. The number of carbonyl (C=O) groups excluding carboxylic acids is 2. The van der Waals surface area contributed by atoms with Crippen LogP contribution in [0.25, 0.3) is 10.9 Å². The minimum Gasteiger partial charge on any atom is -0.363 e. The van der Waals surface area contributed by atoms with Gasteiger partial charge in [-0.05, 0) is 12.1 Å². The second kappa shape index (κ2) is 5.44. The number of fused-ring (bicyclic) bond motifs is 1. The third kappa shape index (κ3) is 2.37. The maximum atomic E-state index is 13.8. The molecule has 1 aromatic heterocycles. The maximum Gasteiger partial charge on any atom is 0.289 e. The van der Waals surface area contributed by atoms with Crippen molar-refractivity contribution in [1.29, 1.82) is 0 Å². The zero-order valence-corrected chi connectivity index (χ0v) is 11.6. The number of primary amides is 1. The fourth-order valence-corrected chi connectivity index (χ4v) is 2.50. The zero-order chi connectivity index (χ0) is 15.7. The number of Topliss-reactive ketones (excluding diaryl/α,β-unsaturated/α-hetero) is 1. The number of amides is 1. The van der Waals surface area contributed by atoms with E-state index in [4.69, 9.17) is 5.73 Å². The lowest BCUT2D eigenvalue weighted by Gasteiger charge is -2.06. The average Bonchev–Trinajstić information content (AvgIpc) is 2.88. The van der Waals surface area contributed by atoms with Crippen molar-refractivity contribution in [2.24, 2.45) is 5.73 Å². The summed E-state index contributed by atoms with van der Waals surface area (Å²) in [6.07, 6.45) is 1.55. The first kappa shape index (κ1) is 14.0. The fourth-order valence-electron chi connectivity index (χ4n) is 2.50. The summed E-state index contributed by atoms with van der Waals surface area (Å²) in [7, 11) is 0. The summed E-state index contributed by atoms with van der Waals surface area (Å²) in [5.41, 5.74) is 6.57. The molecule has 0 atom stereocenters. The van der Waals surface area contributed by atoms with Crippen LogP contribution < -0.4 is 5.73 Å². The molecule has 2 aromatic carbocycles. The van der Waals surface area contributed by atoms with Gasteiger partial charge >= 0.3 is 0 Å². The monoisotopic (exact) mass is 296 g/mol. The number of para-hydroxylation sites is 1. The molecule has 3 aromatic rings. The van der Waals surface area contributed by atoms with Crippen LogP contribution in [-0.2, 0) is 11.3 Å². The smallest absolute Gasteiger partial charge is 0.289 e. The van der Waals surface area contributed by atoms with Crippen molar-refractivity contribution < 1.29 is 14.0 Å². The molecule has 0 unspecified atom stereocenters. The minimum atomic E-state index is -1.01. The van der Waals surface area contributed by atoms with Crippen LogP contribution in [0.5, 0.6) is 0 Å². The lowest BCUT2D eigenvalue weighted by atomic mass is 10.1. The van der Waals surface area contributed by atoms with E-state index in [-0.39, 0.29) is 17.9 Å². The van der Waals surface area contributed by atoms with Gasteiger partial charge in [0.05, 0.1) is 12.1 Å². The number of hydrogen-bond acceptors (Lipinski definition) is 2. The topological polar surface area (TPSA) is 65.1 Å². The van der Waals surface area contributed by atoms with Crippen LogP contribution in [0.2, 0.25) is 0 Å². The number of hydrogen-bond donors (Lipinski definition) is 1. The van der Waals surface area contributed by atoms with Gasteiger partial charge in [0, 0.05) is 22.7 Å². The van der Waals surface area contributed by atoms with E-state index in [1.54, 1.807) is 41.1 Å². The molecule has 0 spiro atoms. The SMILES string of the molecule is NC(=O)C(=O)c1cn(Cc2ccccc2F)c2ccccc12. The Morgan fingerprint density at radius 2 is 1.73 bits per heavy atom. The van der Waals surface area contributed by atoms with Gasteiger partial charge in [-0.15, -0.1) is 0 Å². The van der Waals surface area contributed by atoms with Crippen molar-refractivity contribution in [1.82, 2.24) is 4.57 Å². The van der Waals surface area contributed by atoms with Crippen LogP contribution in [0, 0.1) is 5.82 Å². The second-order valence-corrected chi connectivity index (χ2v) is 4.97. The van der Waals surface area contributed by atoms with E-state index in [0.29, 0.717) is 10.9 Å². The summed E-state index contributed by atoms with van der Waals surface area (Å²) < 4.78 is 15.6. The Morgan fingerprint density at radius 1 is 1.05 bits per heavy atom. The van der Waals surface area contributed by atoms with Crippen LogP contribution in [0.3, 0.4) is 0 Å². The molecule has 0 aliphatic heterocycles. The van der Waals surface area contributed by atoms with Gasteiger partial charge in [0.25, 0.3) is 11.7 Å². The van der Waals surface area contributed by atoms with Gasteiger partial charge in [0.1, 0.15) is 5.82 Å². The molecule has 4 nitrogen and oxygen atoms in total. The highest BCUT2D eigenvalue weighted by molar-refractivity contribution is 6.44. The molecule has 0 aliphatic carbocycles. The maximum absolute atomic E-state index is 13.8. The summed E-state index contributed by atoms with van der Waals surface area (Å²) in [6.45, 7) is 0.263. The molecule has 0 radical (unpaired) electrons. The number of rotatable bonds is 4. The molecular formula is C17H13FN2O2. The quantitative estimate of drug-likeness (QED) is 0.594. The molecule has 0 fully saturated rings. The molecule has 0 saturated heterocycles. The average molecular weight is 296 g/mol. The molecule has 110 valence electrons. The van der Waals surface area contributed by atoms with Gasteiger partial charge in [-0.3, -0.25) is 9.59 Å². The minimum absolute atomic E-state index is 0.236. The van der Waals surface area contributed by atoms with Crippen molar-refractivity contribution in [2.75, 3.05) is 0 Å². The van der Waals surface area contributed by atoms with E-state index in [1.807, 2.05) is 12.1 Å². The Balaban J connectivity index is 2.13. The predicted octanol–water partition coefficient (Wildman–Crippen LogP) is 2.50. The highest BCUT2D eigenvalue weighted by Crippen LogP contribution is 2.23. The van der Waals surface area contributed by atoms with Crippen LogP contribution >= 0.6 is 0 Å². The molecule has 3 rings (SSSR count). The van der Waals surface area contributed by atoms with Gasteiger partial charge < -0.3 is 10.3 Å². The molecular weight excluding hydrogens is 283 g/mol. The number of ketones is 1. The lowest BCUT2D eigenvalue weighted by Crippen LogP contribution is -2.22. The molecule has 1 amide bonds. The third-order valence-corrected chi connectivity index (χ3v) is 3.56. The van der Waals surface area contributed by atoms with E-state index in [0.717, 1.165) is 5.52 Å². The lowest BCUT2D eigenvalue weighted by molar-refractivity contribution is -0.114. The van der Waals surface area contributed by atoms with Gasteiger partial charge in [0.2, 0.25) is 0 Å². The molecule has 0 saturated carbocycles. The molecule has 22 heavy (non-hydrogen) atoms. The van der Waals surface area contributed by atoms with Crippen molar-refractivity contribution in [3.05, 3.63) is 71.7 Å². The first-order valence-corrected chi connectivity index (χ1v) is 6.73. The van der Waals surface area contributed by atoms with E-state index < -0.39 is 11.7 Å². The Bertz CT molecular complexity index is 883. The highest BCUT2D eigenvalue weighted by atomic mass is 19.1. The Kier molecular flexibility index (Phi) is 3.47. The first-order valence-electron chi connectivity index (χ1n) is 6.73. The number of benzene rings is 2. The first-order chi connectivity index (χ1) is 10.6. The third-order valence-electron chi connectivity index (χ3n) is 3.56. The van der Waals surface area contributed by atoms with Gasteiger partial charge in [-0.1, -0.05) is 36.4 Å². The Hall–Kier alpha value is -2.95. The van der Waals surface area contributed by atoms with E-state index in [1.165, 1.54) is 6.07 Å². The fraction of sp³-hybridized carbons (Fsp3) is 0.0588. The summed E-state index contributed by atoms with van der Waals surface area (Å²) in [4.78, 5) is 23.1. The van der Waals surface area contributed by atoms with E-state index >= 15 is 0 Å². The highest BCUT2D eigenvalue weighted by Gasteiger charge is 2.19. The molecule has 1 heterocycles. The zero-order valence-electron chi connectivity index (χ0n) is 11.6. The van der Waals surface area contributed by atoms with Gasteiger partial charge in [-0.2, -0.15) is 0 Å². The number of aromatic nitrogens is 1. The van der Waals surface area contributed by atoms with E-state index in [9.17, 15) is 14.0 Å². The van der Waals surface area contributed by atoms with Crippen LogP contribution in [0.4, 0.5) is 4.39 Å². The summed E-state index contributed by atoms with van der Waals surface area (Å²) in [5, 5.41) is 0.627. The molecule has 0 bridgehead atoms. The standard InChI is InChI=1S/C17H13FN2O2/c18-14-7-3-1-5-11(14)9-20-10-13(16(21)17(19)22)12-6-2-4-8-15(12)20/h1-8,10H,9H2,(H2,19,22). The van der Waals surface area contributed by atoms with Crippen molar-refractivity contribution in [2.45, 2.75) is 6.54 Å². The van der Waals surface area contributed by atoms with Crippen molar-refractivity contribution >= 4 is 22.6 Å². The van der Waals surface area contributed by atoms with Crippen LogP contribution in [0.15, 0.2) is 54.7 Å². The molecule has 5 heteroatoms. The van der Waals surface area contributed by atoms with Crippen molar-refractivity contribution in [3.8, 4) is 0 Å². The number of carbonyl (C=O) groups is 2. The van der Waals surface area contributed by atoms with Crippen LogP contribution in [-0.4, -0.2) is 16.3 Å². The number of nitrogens with zero attached hydrogens (tertiary/aromatic N) is 1. The summed E-state index contributed by atoms with van der Waals surface area (Å²) >= 11 is 0. The normalized spacial score (nSPS) is 10.8. The Labute approximate surface area is 126 Å². The summed E-state index contributed by atoms with van der Waals surface area (Å²) in [5.74, 6) is -2.07. The summed E-state index contributed by atoms with van der Waals surface area (Å²) in [6, 6.07) is 13.6. The largest absolute Gasteiger partial charge is 0.363 e. The van der Waals surface area contributed by atoms with Crippen LogP contribution in [0.1, 0.15) is 15.9 Å². The van der Waals surface area contributed by atoms with E-state index in [2.05, 4.69) is 0 Å². The predicted molar refractivity (Wildman–Crippen MR) is 81.0 cm³/mol. The van der Waals surface area contributed by atoms with Crippen molar-refractivity contribution in [3.63, 3.8) is 0 Å². The van der Waals surface area contributed by atoms with Gasteiger partial charge in [0.15, 0.2) is 0 Å². The molecule has 2 N–H and O–H groups in total. The van der Waals surface area contributed by atoms with Gasteiger partial charge in [-0.25, -0.2) is 4.39 Å². The molecule has 0 aliphatic rings. The second-order valence-electron chi connectivity index (χ2n) is 4.97. The number of halogens is 1. The number of nitrogens with two attached hydrogens (primary N) is 1.